The molecule has 0 aliphatic rings. The summed E-state index contributed by atoms with van der Waals surface area (Å²) in [6.07, 6.45) is 1.73. The summed E-state index contributed by atoms with van der Waals surface area (Å²) < 4.78 is 6.01. The average Bonchev–Trinajstić information content (AvgIpc) is 2.58. The van der Waals surface area contributed by atoms with Crippen LogP contribution in [0.1, 0.15) is 22.8 Å². The molecule has 7 nitrogen and oxygen atoms in total. The molecule has 0 radical (unpaired) electrons. The third kappa shape index (κ3) is 4.50. The second-order valence-electron chi connectivity index (χ2n) is 5.52. The van der Waals surface area contributed by atoms with Gasteiger partial charge in [-0.25, -0.2) is 4.79 Å². The van der Waals surface area contributed by atoms with Crippen LogP contribution in [-0.4, -0.2) is 34.8 Å². The normalized spacial score (nSPS) is 10.6. The summed E-state index contributed by atoms with van der Waals surface area (Å²) in [5.74, 6) is -1.85. The Hall–Kier alpha value is -2.64. The van der Waals surface area contributed by atoms with Gasteiger partial charge in [0.05, 0.1) is 12.2 Å². The Morgan fingerprint density at radius 1 is 1.27 bits per heavy atom. The minimum Gasteiger partial charge on any atom is -0.480 e. The molecule has 26 heavy (non-hydrogen) atoms. The fourth-order valence-corrected chi connectivity index (χ4v) is 2.78. The predicted octanol–water partition coefficient (Wildman–Crippen LogP) is 1.93. The molecule has 0 unspecified atom stereocenters. The lowest BCUT2D eigenvalue weighted by Crippen LogP contribution is -2.25. The Morgan fingerprint density at radius 3 is 2.62 bits per heavy atom. The fourth-order valence-electron chi connectivity index (χ4n) is 2.61. The summed E-state index contributed by atoms with van der Waals surface area (Å²) in [6.45, 7) is 1.61. The number of pyridine rings is 1. The van der Waals surface area contributed by atoms with Crippen LogP contribution in [0.15, 0.2) is 35.3 Å². The molecule has 1 heterocycles. The molecule has 0 amide bonds. The molecule has 0 bridgehead atoms. The first-order valence-electron chi connectivity index (χ1n) is 7.99. The summed E-state index contributed by atoms with van der Waals surface area (Å²) in [7, 11) is 0. The second kappa shape index (κ2) is 8.64. The summed E-state index contributed by atoms with van der Waals surface area (Å²) in [5.41, 5.74) is 6.93. The number of ether oxygens (including phenoxy) is 1. The zero-order valence-corrected chi connectivity index (χ0v) is 15.0. The van der Waals surface area contributed by atoms with Gasteiger partial charge in [0.2, 0.25) is 0 Å². The van der Waals surface area contributed by atoms with Gasteiger partial charge in [0.1, 0.15) is 6.54 Å². The van der Waals surface area contributed by atoms with Gasteiger partial charge in [-0.2, -0.15) is 0 Å². The molecule has 0 spiro atoms. The number of esters is 1. The van der Waals surface area contributed by atoms with Crippen LogP contribution in [-0.2, 0) is 22.5 Å². The number of nitrogens with zero attached hydrogens (tertiary/aromatic N) is 1. The summed E-state index contributed by atoms with van der Waals surface area (Å²) >= 11 is 6.09. The van der Waals surface area contributed by atoms with Gasteiger partial charge in [-0.05, 0) is 43.1 Å². The number of aliphatic carboxylic acids is 1. The number of hydrogen-bond donors (Lipinski definition) is 2. The van der Waals surface area contributed by atoms with Crippen molar-refractivity contribution in [3.63, 3.8) is 0 Å². The lowest BCUT2D eigenvalue weighted by atomic mass is 9.95. The number of nitrogens with two attached hydrogens (primary N) is 1. The third-order valence-electron chi connectivity index (χ3n) is 3.70. The first kappa shape index (κ1) is 19.7. The van der Waals surface area contributed by atoms with E-state index in [1.165, 1.54) is 12.3 Å². The Kier molecular flexibility index (Phi) is 6.54. The molecular weight excluding hydrogens is 360 g/mol. The molecule has 0 saturated heterocycles. The maximum atomic E-state index is 12.4. The Bertz CT molecular complexity index is 892. The number of aromatic nitrogens is 1. The van der Waals surface area contributed by atoms with Crippen LogP contribution in [0.3, 0.4) is 0 Å². The van der Waals surface area contributed by atoms with E-state index >= 15 is 0 Å². The van der Waals surface area contributed by atoms with Gasteiger partial charge in [0, 0.05) is 22.8 Å². The summed E-state index contributed by atoms with van der Waals surface area (Å²) in [4.78, 5) is 35.7. The van der Waals surface area contributed by atoms with Crippen molar-refractivity contribution in [2.24, 2.45) is 5.73 Å². The molecule has 0 fully saturated rings. The number of carbonyl (C=O) groups excluding carboxylic acids is 1. The van der Waals surface area contributed by atoms with Gasteiger partial charge >= 0.3 is 11.9 Å². The van der Waals surface area contributed by atoms with Crippen molar-refractivity contribution in [2.75, 3.05) is 13.2 Å². The van der Waals surface area contributed by atoms with Crippen LogP contribution < -0.4 is 11.3 Å². The average molecular weight is 379 g/mol. The van der Waals surface area contributed by atoms with E-state index in [1.807, 2.05) is 0 Å². The largest absolute Gasteiger partial charge is 0.480 e. The van der Waals surface area contributed by atoms with Gasteiger partial charge < -0.3 is 20.1 Å². The molecule has 0 atom stereocenters. The van der Waals surface area contributed by atoms with Gasteiger partial charge in [-0.1, -0.05) is 17.7 Å². The smallest absolute Gasteiger partial charge is 0.340 e. The van der Waals surface area contributed by atoms with Crippen molar-refractivity contribution in [1.82, 2.24) is 4.57 Å². The highest BCUT2D eigenvalue weighted by atomic mass is 35.5. The summed E-state index contributed by atoms with van der Waals surface area (Å²) in [6, 6.07) is 6.35. The standard InChI is InChI=1S/C18H19ClN2O5/c1-2-26-18(25)15-9-21(10-17(23)24)16(22)8-14(15)13-7-12(19)4-3-11(13)5-6-20/h3-4,7-9H,2,5-6,10,20H2,1H3,(H,23,24). The van der Waals surface area contributed by atoms with E-state index in [1.54, 1.807) is 25.1 Å². The maximum absolute atomic E-state index is 12.4. The minimum absolute atomic E-state index is 0.0910. The molecular formula is C18H19ClN2O5. The van der Waals surface area contributed by atoms with Crippen LogP contribution in [0.4, 0.5) is 0 Å². The molecule has 0 saturated carbocycles. The molecule has 8 heteroatoms. The van der Waals surface area contributed by atoms with E-state index in [0.29, 0.717) is 29.1 Å². The number of halogens is 1. The molecule has 0 aliphatic heterocycles. The van der Waals surface area contributed by atoms with E-state index in [-0.39, 0.29) is 12.2 Å². The van der Waals surface area contributed by atoms with Crippen molar-refractivity contribution in [3.05, 3.63) is 57.0 Å². The van der Waals surface area contributed by atoms with Crippen LogP contribution >= 0.6 is 11.6 Å². The number of benzene rings is 1. The van der Waals surface area contributed by atoms with Crippen LogP contribution in [0, 0.1) is 0 Å². The van der Waals surface area contributed by atoms with E-state index in [9.17, 15) is 14.4 Å². The van der Waals surface area contributed by atoms with Crippen molar-refractivity contribution >= 4 is 23.5 Å². The fraction of sp³-hybridized carbons (Fsp3) is 0.278. The molecule has 0 aliphatic carbocycles. The molecule has 2 rings (SSSR count). The van der Waals surface area contributed by atoms with Gasteiger partial charge in [-0.3, -0.25) is 9.59 Å². The molecule has 3 N–H and O–H groups in total. The SMILES string of the molecule is CCOC(=O)c1cn(CC(=O)O)c(=O)cc1-c1cc(Cl)ccc1CCN. The Morgan fingerprint density at radius 2 is 2.00 bits per heavy atom. The number of carbonyl (C=O) groups is 2. The van der Waals surface area contributed by atoms with Crippen molar-refractivity contribution in [1.29, 1.82) is 0 Å². The van der Waals surface area contributed by atoms with E-state index in [2.05, 4.69) is 0 Å². The van der Waals surface area contributed by atoms with Crippen molar-refractivity contribution in [2.45, 2.75) is 19.9 Å². The van der Waals surface area contributed by atoms with Crippen LogP contribution in [0.5, 0.6) is 0 Å². The molecule has 138 valence electrons. The highest BCUT2D eigenvalue weighted by Crippen LogP contribution is 2.30. The van der Waals surface area contributed by atoms with Crippen LogP contribution in [0.25, 0.3) is 11.1 Å². The van der Waals surface area contributed by atoms with E-state index < -0.39 is 24.0 Å². The zero-order chi connectivity index (χ0) is 19.3. The van der Waals surface area contributed by atoms with Crippen molar-refractivity contribution in [3.8, 4) is 11.1 Å². The van der Waals surface area contributed by atoms with Gasteiger partial charge in [0.15, 0.2) is 0 Å². The van der Waals surface area contributed by atoms with Gasteiger partial charge in [-0.15, -0.1) is 0 Å². The summed E-state index contributed by atoms with van der Waals surface area (Å²) in [5, 5.41) is 9.39. The molecule has 1 aromatic heterocycles. The molecule has 2 aromatic rings. The predicted molar refractivity (Wildman–Crippen MR) is 97.5 cm³/mol. The Balaban J connectivity index is 2.73. The van der Waals surface area contributed by atoms with Crippen molar-refractivity contribution < 1.29 is 19.4 Å². The lowest BCUT2D eigenvalue weighted by Gasteiger charge is -2.15. The number of hydrogen-bond acceptors (Lipinski definition) is 5. The highest BCUT2D eigenvalue weighted by Gasteiger charge is 2.19. The highest BCUT2D eigenvalue weighted by molar-refractivity contribution is 6.31. The first-order chi connectivity index (χ1) is 12.4. The topological polar surface area (TPSA) is 112 Å². The van der Waals surface area contributed by atoms with E-state index in [0.717, 1.165) is 10.1 Å². The minimum atomic E-state index is -1.19. The third-order valence-corrected chi connectivity index (χ3v) is 3.94. The quantitative estimate of drug-likeness (QED) is 0.712. The van der Waals surface area contributed by atoms with E-state index in [4.69, 9.17) is 27.2 Å². The Labute approximate surface area is 155 Å². The zero-order valence-electron chi connectivity index (χ0n) is 14.2. The maximum Gasteiger partial charge on any atom is 0.340 e. The second-order valence-corrected chi connectivity index (χ2v) is 5.96. The number of carboxylic acid groups (broad SMARTS) is 1. The number of carboxylic acids is 1. The monoisotopic (exact) mass is 378 g/mol. The lowest BCUT2D eigenvalue weighted by molar-refractivity contribution is -0.137. The number of rotatable bonds is 7. The molecule has 1 aromatic carbocycles. The van der Waals surface area contributed by atoms with Crippen LogP contribution in [0.2, 0.25) is 5.02 Å². The first-order valence-corrected chi connectivity index (χ1v) is 8.37. The van der Waals surface area contributed by atoms with Gasteiger partial charge in [0.25, 0.3) is 5.56 Å².